The molecule has 0 atom stereocenters. The first-order valence-corrected chi connectivity index (χ1v) is 2.35. The molecular formula is C3H8N2OS. The molecule has 7 heavy (non-hydrogen) atoms. The van der Waals surface area contributed by atoms with Crippen LogP contribution >= 0.6 is 12.2 Å². The van der Waals surface area contributed by atoms with E-state index in [0.29, 0.717) is 6.61 Å². The average molecular weight is 120 g/mol. The minimum Gasteiger partial charge on any atom is -0.375 e. The van der Waals surface area contributed by atoms with Crippen molar-refractivity contribution in [1.82, 2.24) is 5.48 Å². The van der Waals surface area contributed by atoms with Crippen molar-refractivity contribution in [3.63, 3.8) is 0 Å². The minimum absolute atomic E-state index is 0.168. The fraction of sp³-hybridized carbons (Fsp3) is 0.667. The normalized spacial score (nSPS) is 8.14. The molecule has 4 heteroatoms. The van der Waals surface area contributed by atoms with E-state index in [1.807, 2.05) is 6.92 Å². The molecule has 0 amide bonds. The molecule has 0 aliphatic heterocycles. The van der Waals surface area contributed by atoms with E-state index in [1.54, 1.807) is 0 Å². The van der Waals surface area contributed by atoms with Gasteiger partial charge in [-0.3, -0.25) is 4.84 Å². The molecule has 0 aliphatic carbocycles. The summed E-state index contributed by atoms with van der Waals surface area (Å²) < 4.78 is 0. The number of hydrogen-bond acceptors (Lipinski definition) is 2. The molecule has 0 rings (SSSR count). The Kier molecular flexibility index (Phi) is 3.64. The lowest BCUT2D eigenvalue weighted by molar-refractivity contribution is 0.0978. The second-order valence-electron chi connectivity index (χ2n) is 0.899. The number of nitrogens with two attached hydrogens (primary N) is 1. The highest BCUT2D eigenvalue weighted by Gasteiger charge is 1.78. The first-order valence-electron chi connectivity index (χ1n) is 1.94. The van der Waals surface area contributed by atoms with Crippen LogP contribution in [0.5, 0.6) is 0 Å². The molecule has 0 unspecified atom stereocenters. The van der Waals surface area contributed by atoms with Gasteiger partial charge in [0.25, 0.3) is 0 Å². The van der Waals surface area contributed by atoms with Gasteiger partial charge in [-0.05, 0) is 19.1 Å². The monoisotopic (exact) mass is 120 g/mol. The van der Waals surface area contributed by atoms with Crippen LogP contribution in [-0.2, 0) is 4.84 Å². The van der Waals surface area contributed by atoms with Crippen molar-refractivity contribution in [3.8, 4) is 0 Å². The van der Waals surface area contributed by atoms with Crippen molar-refractivity contribution in [3.05, 3.63) is 0 Å². The summed E-state index contributed by atoms with van der Waals surface area (Å²) in [5.74, 6) is 0. The fourth-order valence-corrected chi connectivity index (χ4v) is 0.202. The zero-order valence-corrected chi connectivity index (χ0v) is 4.92. The molecule has 0 aromatic carbocycles. The van der Waals surface area contributed by atoms with E-state index >= 15 is 0 Å². The van der Waals surface area contributed by atoms with Crippen molar-refractivity contribution >= 4 is 17.3 Å². The zero-order valence-electron chi connectivity index (χ0n) is 4.10. The van der Waals surface area contributed by atoms with Crippen LogP contribution in [0.25, 0.3) is 0 Å². The smallest absolute Gasteiger partial charge is 0.187 e. The van der Waals surface area contributed by atoms with Gasteiger partial charge in [-0.2, -0.15) is 0 Å². The number of thiocarbonyl (C=S) groups is 1. The molecule has 0 saturated heterocycles. The van der Waals surface area contributed by atoms with Gasteiger partial charge in [0.05, 0.1) is 6.61 Å². The van der Waals surface area contributed by atoms with Crippen LogP contribution in [0.3, 0.4) is 0 Å². The number of hydrogen-bond donors (Lipinski definition) is 2. The van der Waals surface area contributed by atoms with Crippen LogP contribution in [0.2, 0.25) is 0 Å². The molecule has 3 nitrogen and oxygen atoms in total. The lowest BCUT2D eigenvalue weighted by Crippen LogP contribution is -2.28. The Morgan fingerprint density at radius 3 is 2.71 bits per heavy atom. The first kappa shape index (κ1) is 6.65. The lowest BCUT2D eigenvalue weighted by Gasteiger charge is -1.98. The average Bonchev–Trinajstić information content (AvgIpc) is 1.61. The van der Waals surface area contributed by atoms with E-state index in [0.717, 1.165) is 0 Å². The summed E-state index contributed by atoms with van der Waals surface area (Å²) in [6.07, 6.45) is 0. The van der Waals surface area contributed by atoms with Crippen molar-refractivity contribution in [2.45, 2.75) is 6.92 Å². The predicted octanol–water partition coefficient (Wildman–Crippen LogP) is -0.229. The Bertz CT molecular complexity index is 66.0. The van der Waals surface area contributed by atoms with Gasteiger partial charge in [0.2, 0.25) is 0 Å². The van der Waals surface area contributed by atoms with Crippen LogP contribution in [-0.4, -0.2) is 11.7 Å². The summed E-state index contributed by atoms with van der Waals surface area (Å²) in [7, 11) is 0. The molecule has 3 N–H and O–H groups in total. The van der Waals surface area contributed by atoms with Crippen LogP contribution in [0, 0.1) is 0 Å². The molecule has 0 fully saturated rings. The second kappa shape index (κ2) is 3.83. The Labute approximate surface area is 47.8 Å². The maximum absolute atomic E-state index is 4.97. The molecule has 0 aliphatic rings. The third kappa shape index (κ3) is 5.65. The molecule has 0 saturated carbocycles. The van der Waals surface area contributed by atoms with Crippen molar-refractivity contribution in [1.29, 1.82) is 0 Å². The van der Waals surface area contributed by atoms with Gasteiger partial charge >= 0.3 is 0 Å². The summed E-state index contributed by atoms with van der Waals surface area (Å²) in [6.45, 7) is 2.41. The highest BCUT2D eigenvalue weighted by atomic mass is 32.1. The quantitative estimate of drug-likeness (QED) is 0.390. The number of rotatable bonds is 2. The van der Waals surface area contributed by atoms with E-state index in [-0.39, 0.29) is 5.11 Å². The summed E-state index contributed by atoms with van der Waals surface area (Å²) in [6, 6.07) is 0. The maximum atomic E-state index is 4.97. The molecule has 0 bridgehead atoms. The van der Waals surface area contributed by atoms with Gasteiger partial charge in [-0.15, -0.1) is 0 Å². The number of nitrogens with one attached hydrogen (secondary N) is 1. The second-order valence-corrected chi connectivity index (χ2v) is 1.34. The summed E-state index contributed by atoms with van der Waals surface area (Å²) in [5.41, 5.74) is 7.28. The molecule has 0 spiro atoms. The highest BCUT2D eigenvalue weighted by molar-refractivity contribution is 7.80. The van der Waals surface area contributed by atoms with E-state index in [9.17, 15) is 0 Å². The van der Waals surface area contributed by atoms with Crippen molar-refractivity contribution in [2.75, 3.05) is 6.61 Å². The highest BCUT2D eigenvalue weighted by Crippen LogP contribution is 1.61. The van der Waals surface area contributed by atoms with Crippen LogP contribution in [0.1, 0.15) is 6.92 Å². The SMILES string of the molecule is CCONC(N)=S. The Morgan fingerprint density at radius 1 is 2.00 bits per heavy atom. The van der Waals surface area contributed by atoms with Gasteiger partial charge in [-0.1, -0.05) is 0 Å². The van der Waals surface area contributed by atoms with Crippen molar-refractivity contribution < 1.29 is 4.84 Å². The first-order chi connectivity index (χ1) is 3.27. The van der Waals surface area contributed by atoms with Crippen LogP contribution in [0.4, 0.5) is 0 Å². The molecular weight excluding hydrogens is 112 g/mol. The van der Waals surface area contributed by atoms with Gasteiger partial charge in [0, 0.05) is 0 Å². The lowest BCUT2D eigenvalue weighted by atomic mass is 10.9. The molecule has 0 radical (unpaired) electrons. The maximum Gasteiger partial charge on any atom is 0.187 e. The predicted molar refractivity (Wildman–Crippen MR) is 31.5 cm³/mol. The minimum atomic E-state index is 0.168. The summed E-state index contributed by atoms with van der Waals surface area (Å²) in [5, 5.41) is 0.168. The third-order valence-corrected chi connectivity index (χ3v) is 0.400. The standard InChI is InChI=1S/C3H8N2OS/c1-2-6-5-3(4)7/h2H2,1H3,(H3,4,5,7). The van der Waals surface area contributed by atoms with Gasteiger partial charge < -0.3 is 5.73 Å². The molecule has 0 aromatic heterocycles. The third-order valence-electron chi connectivity index (χ3n) is 0.317. The Balaban J connectivity index is 2.82. The zero-order chi connectivity index (χ0) is 5.70. The van der Waals surface area contributed by atoms with Gasteiger partial charge in [0.1, 0.15) is 0 Å². The van der Waals surface area contributed by atoms with Gasteiger partial charge in [0.15, 0.2) is 5.11 Å². The van der Waals surface area contributed by atoms with Gasteiger partial charge in [-0.25, -0.2) is 5.48 Å². The fourth-order valence-electron chi connectivity index (χ4n) is 0.143. The molecule has 42 valence electrons. The molecule has 0 heterocycles. The largest absolute Gasteiger partial charge is 0.375 e. The van der Waals surface area contributed by atoms with Crippen LogP contribution in [0.15, 0.2) is 0 Å². The van der Waals surface area contributed by atoms with Crippen LogP contribution < -0.4 is 11.2 Å². The Hall–Kier alpha value is -0.350. The summed E-state index contributed by atoms with van der Waals surface area (Å²) in [4.78, 5) is 4.58. The Morgan fingerprint density at radius 2 is 2.57 bits per heavy atom. The van der Waals surface area contributed by atoms with Crippen molar-refractivity contribution in [2.24, 2.45) is 5.73 Å². The van der Waals surface area contributed by atoms with E-state index < -0.39 is 0 Å². The number of hydroxylamine groups is 1. The van der Waals surface area contributed by atoms with E-state index in [2.05, 4.69) is 22.5 Å². The topological polar surface area (TPSA) is 47.3 Å². The molecule has 0 aromatic rings. The van der Waals surface area contributed by atoms with E-state index in [1.165, 1.54) is 0 Å². The summed E-state index contributed by atoms with van der Waals surface area (Å²) >= 11 is 4.40. The van der Waals surface area contributed by atoms with E-state index in [4.69, 9.17) is 5.73 Å².